The molecule has 0 bridgehead atoms. The van der Waals surface area contributed by atoms with Gasteiger partial charge < -0.3 is 5.73 Å². The van der Waals surface area contributed by atoms with Gasteiger partial charge in [0.1, 0.15) is 4.90 Å². The number of sulfonamides is 1. The van der Waals surface area contributed by atoms with Crippen LogP contribution in [0.1, 0.15) is 39.0 Å². The fraction of sp³-hybridized carbons (Fsp3) is 0.786. The highest BCUT2D eigenvalue weighted by Crippen LogP contribution is 2.29. The molecule has 1 aromatic rings. The summed E-state index contributed by atoms with van der Waals surface area (Å²) in [5, 5.41) is 4.12. The van der Waals surface area contributed by atoms with Crippen molar-refractivity contribution in [1.82, 2.24) is 14.1 Å². The average molecular weight is 314 g/mol. The second-order valence-electron chi connectivity index (χ2n) is 6.03. The van der Waals surface area contributed by atoms with Crippen LogP contribution in [-0.2, 0) is 16.6 Å². The summed E-state index contributed by atoms with van der Waals surface area (Å²) < 4.78 is 28.5. The van der Waals surface area contributed by atoms with Crippen LogP contribution in [0.5, 0.6) is 0 Å². The predicted octanol–water partition coefficient (Wildman–Crippen LogP) is 1.43. The van der Waals surface area contributed by atoms with Gasteiger partial charge in [-0.1, -0.05) is 19.8 Å². The van der Waals surface area contributed by atoms with Crippen LogP contribution in [0.3, 0.4) is 0 Å². The van der Waals surface area contributed by atoms with Gasteiger partial charge in [-0.15, -0.1) is 0 Å². The minimum absolute atomic E-state index is 0.103. The number of hydrogen-bond donors (Lipinski definition) is 1. The first-order chi connectivity index (χ1) is 9.95. The summed E-state index contributed by atoms with van der Waals surface area (Å²) in [7, 11) is -1.76. The number of rotatable bonds is 6. The van der Waals surface area contributed by atoms with Gasteiger partial charge in [0.2, 0.25) is 10.0 Å². The second kappa shape index (κ2) is 6.89. The zero-order valence-corrected chi connectivity index (χ0v) is 13.7. The molecule has 1 saturated carbocycles. The van der Waals surface area contributed by atoms with E-state index in [1.165, 1.54) is 16.9 Å². The smallest absolute Gasteiger partial charge is 0.246 e. The van der Waals surface area contributed by atoms with E-state index in [1.54, 1.807) is 17.9 Å². The molecule has 2 atom stereocenters. The maximum Gasteiger partial charge on any atom is 0.246 e. The van der Waals surface area contributed by atoms with E-state index in [9.17, 15) is 8.42 Å². The molecule has 120 valence electrons. The molecular weight excluding hydrogens is 288 g/mol. The Morgan fingerprint density at radius 1 is 1.48 bits per heavy atom. The van der Waals surface area contributed by atoms with Crippen molar-refractivity contribution in [3.8, 4) is 0 Å². The van der Waals surface area contributed by atoms with Crippen molar-refractivity contribution in [2.45, 2.75) is 56.5 Å². The van der Waals surface area contributed by atoms with E-state index in [0.29, 0.717) is 19.0 Å². The van der Waals surface area contributed by atoms with E-state index in [-0.39, 0.29) is 10.9 Å². The van der Waals surface area contributed by atoms with Gasteiger partial charge in [-0.2, -0.15) is 9.40 Å². The Labute approximate surface area is 127 Å². The first kappa shape index (κ1) is 16.5. The topological polar surface area (TPSA) is 81.2 Å². The Bertz CT molecular complexity index is 555. The first-order valence-corrected chi connectivity index (χ1v) is 9.09. The van der Waals surface area contributed by atoms with Crippen LogP contribution in [0, 0.1) is 5.92 Å². The fourth-order valence-electron chi connectivity index (χ4n) is 2.95. The summed E-state index contributed by atoms with van der Waals surface area (Å²) in [4.78, 5) is 0.278. The van der Waals surface area contributed by atoms with Crippen LogP contribution in [0.25, 0.3) is 0 Å². The Balaban J connectivity index is 2.11. The van der Waals surface area contributed by atoms with Gasteiger partial charge in [0.05, 0.1) is 6.20 Å². The average Bonchev–Trinajstić information content (AvgIpc) is 2.93. The lowest BCUT2D eigenvalue weighted by Crippen LogP contribution is -2.39. The van der Waals surface area contributed by atoms with E-state index >= 15 is 0 Å². The molecule has 21 heavy (non-hydrogen) atoms. The zero-order valence-electron chi connectivity index (χ0n) is 12.9. The SMILES string of the molecule is CC1CCCC(N(C)S(=O)(=O)c2cnn(CCCN)c2)C1. The van der Waals surface area contributed by atoms with E-state index in [1.807, 2.05) is 0 Å². The van der Waals surface area contributed by atoms with Gasteiger partial charge in [0.15, 0.2) is 0 Å². The molecule has 1 heterocycles. The molecule has 2 rings (SSSR count). The third-order valence-electron chi connectivity index (χ3n) is 4.30. The van der Waals surface area contributed by atoms with E-state index in [4.69, 9.17) is 5.73 Å². The minimum Gasteiger partial charge on any atom is -0.330 e. The molecular formula is C14H26N4O2S. The van der Waals surface area contributed by atoms with Crippen LogP contribution in [0.2, 0.25) is 0 Å². The Hall–Kier alpha value is -0.920. The predicted molar refractivity (Wildman–Crippen MR) is 82.3 cm³/mol. The van der Waals surface area contributed by atoms with Gasteiger partial charge in [0.25, 0.3) is 0 Å². The van der Waals surface area contributed by atoms with Gasteiger partial charge in [-0.25, -0.2) is 8.42 Å². The molecule has 1 aromatic heterocycles. The minimum atomic E-state index is -3.45. The number of nitrogens with zero attached hydrogens (tertiary/aromatic N) is 3. The standard InChI is InChI=1S/C14H26N4O2S/c1-12-5-3-6-13(9-12)17(2)21(19,20)14-10-16-18(11-14)8-4-7-15/h10-13H,3-9,15H2,1-2H3. The second-order valence-corrected chi connectivity index (χ2v) is 8.03. The van der Waals surface area contributed by atoms with Crippen LogP contribution < -0.4 is 5.73 Å². The van der Waals surface area contributed by atoms with Crippen molar-refractivity contribution in [3.05, 3.63) is 12.4 Å². The number of nitrogens with two attached hydrogens (primary N) is 1. The molecule has 7 heteroatoms. The Morgan fingerprint density at radius 3 is 2.90 bits per heavy atom. The fourth-order valence-corrected chi connectivity index (χ4v) is 4.30. The van der Waals surface area contributed by atoms with E-state index in [2.05, 4.69) is 12.0 Å². The van der Waals surface area contributed by atoms with Crippen LogP contribution >= 0.6 is 0 Å². The van der Waals surface area contributed by atoms with Crippen LogP contribution in [0.4, 0.5) is 0 Å². The summed E-state index contributed by atoms with van der Waals surface area (Å²) in [6.45, 7) is 3.41. The molecule has 2 N–H and O–H groups in total. The van der Waals surface area contributed by atoms with E-state index < -0.39 is 10.0 Å². The zero-order chi connectivity index (χ0) is 15.5. The molecule has 1 aliphatic rings. The molecule has 0 radical (unpaired) electrons. The number of aromatic nitrogens is 2. The van der Waals surface area contributed by atoms with Crippen molar-refractivity contribution >= 4 is 10.0 Å². The molecule has 0 aliphatic heterocycles. The summed E-state index contributed by atoms with van der Waals surface area (Å²) in [6, 6.07) is 0.103. The van der Waals surface area contributed by atoms with Crippen LogP contribution in [0.15, 0.2) is 17.3 Å². The van der Waals surface area contributed by atoms with Crippen molar-refractivity contribution in [3.63, 3.8) is 0 Å². The quantitative estimate of drug-likeness (QED) is 0.861. The molecule has 6 nitrogen and oxygen atoms in total. The van der Waals surface area contributed by atoms with Gasteiger partial charge in [-0.05, 0) is 31.7 Å². The summed E-state index contributed by atoms with van der Waals surface area (Å²) in [6.07, 6.45) is 8.01. The maximum atomic E-state index is 12.7. The Kier molecular flexibility index (Phi) is 5.40. The third kappa shape index (κ3) is 3.84. The maximum absolute atomic E-state index is 12.7. The van der Waals surface area contributed by atoms with Gasteiger partial charge in [0, 0.05) is 25.8 Å². The monoisotopic (exact) mass is 314 g/mol. The summed E-state index contributed by atoms with van der Waals surface area (Å²) in [5.74, 6) is 0.591. The van der Waals surface area contributed by atoms with Gasteiger partial charge in [-0.3, -0.25) is 4.68 Å². The summed E-state index contributed by atoms with van der Waals surface area (Å²) in [5.41, 5.74) is 5.46. The number of hydrogen-bond acceptors (Lipinski definition) is 4. The Morgan fingerprint density at radius 2 is 2.24 bits per heavy atom. The van der Waals surface area contributed by atoms with Gasteiger partial charge >= 0.3 is 0 Å². The van der Waals surface area contributed by atoms with Crippen molar-refractivity contribution in [2.24, 2.45) is 11.7 Å². The van der Waals surface area contributed by atoms with E-state index in [0.717, 1.165) is 25.7 Å². The molecule has 0 aromatic carbocycles. The lowest BCUT2D eigenvalue weighted by atomic mass is 9.87. The molecule has 0 spiro atoms. The molecule has 1 fully saturated rings. The van der Waals surface area contributed by atoms with Crippen molar-refractivity contribution in [2.75, 3.05) is 13.6 Å². The van der Waals surface area contributed by atoms with Crippen molar-refractivity contribution < 1.29 is 8.42 Å². The highest BCUT2D eigenvalue weighted by Gasteiger charge is 2.31. The van der Waals surface area contributed by atoms with Crippen molar-refractivity contribution in [1.29, 1.82) is 0 Å². The normalized spacial score (nSPS) is 23.6. The summed E-state index contributed by atoms with van der Waals surface area (Å²) >= 11 is 0. The highest BCUT2D eigenvalue weighted by molar-refractivity contribution is 7.89. The lowest BCUT2D eigenvalue weighted by Gasteiger charge is -2.33. The highest BCUT2D eigenvalue weighted by atomic mass is 32.2. The van der Waals surface area contributed by atoms with Crippen LogP contribution in [-0.4, -0.2) is 42.1 Å². The third-order valence-corrected chi connectivity index (χ3v) is 6.16. The largest absolute Gasteiger partial charge is 0.330 e. The lowest BCUT2D eigenvalue weighted by molar-refractivity contribution is 0.239. The molecule has 0 saturated heterocycles. The molecule has 2 unspecified atom stereocenters. The first-order valence-electron chi connectivity index (χ1n) is 7.65. The number of aryl methyl sites for hydroxylation is 1. The molecule has 1 aliphatic carbocycles. The molecule has 0 amide bonds.